The zero-order valence-electron chi connectivity index (χ0n) is 5.74. The van der Waals surface area contributed by atoms with Gasteiger partial charge in [0.2, 0.25) is 5.91 Å². The highest BCUT2D eigenvalue weighted by atomic mass is 16.1. The number of hydrogen-bond donors (Lipinski definition) is 1. The third-order valence-corrected chi connectivity index (χ3v) is 1.76. The summed E-state index contributed by atoms with van der Waals surface area (Å²) in [6.07, 6.45) is 4.42. The average Bonchev–Trinajstić information content (AvgIpc) is 2.37. The SMILES string of the molecule is CNC(=O)[C]1CCCC1. The van der Waals surface area contributed by atoms with E-state index in [0.717, 1.165) is 18.8 Å². The summed E-state index contributed by atoms with van der Waals surface area (Å²) in [7, 11) is 1.69. The molecule has 1 amide bonds. The summed E-state index contributed by atoms with van der Waals surface area (Å²) < 4.78 is 0. The van der Waals surface area contributed by atoms with Gasteiger partial charge in [0.1, 0.15) is 0 Å². The zero-order chi connectivity index (χ0) is 6.69. The highest BCUT2D eigenvalue weighted by molar-refractivity contribution is 5.89. The molecular formula is C7H12NO. The van der Waals surface area contributed by atoms with Crippen LogP contribution in [0, 0.1) is 5.92 Å². The monoisotopic (exact) mass is 126 g/mol. The second kappa shape index (κ2) is 2.85. The van der Waals surface area contributed by atoms with Crippen LogP contribution in [0.25, 0.3) is 0 Å². The molecule has 2 nitrogen and oxygen atoms in total. The zero-order valence-corrected chi connectivity index (χ0v) is 5.74. The average molecular weight is 126 g/mol. The van der Waals surface area contributed by atoms with E-state index in [1.165, 1.54) is 12.8 Å². The maximum Gasteiger partial charge on any atom is 0.227 e. The fourth-order valence-electron chi connectivity index (χ4n) is 1.21. The second-order valence-corrected chi connectivity index (χ2v) is 2.39. The van der Waals surface area contributed by atoms with Crippen LogP contribution in [0.15, 0.2) is 0 Å². The van der Waals surface area contributed by atoms with Crippen LogP contribution in [0.5, 0.6) is 0 Å². The van der Waals surface area contributed by atoms with Crippen LogP contribution < -0.4 is 5.32 Å². The van der Waals surface area contributed by atoms with Crippen LogP contribution >= 0.6 is 0 Å². The minimum atomic E-state index is 0.146. The van der Waals surface area contributed by atoms with Crippen molar-refractivity contribution in [2.75, 3.05) is 7.05 Å². The number of nitrogens with one attached hydrogen (secondary N) is 1. The highest BCUT2D eigenvalue weighted by Crippen LogP contribution is 2.26. The lowest BCUT2D eigenvalue weighted by Gasteiger charge is -2.03. The molecule has 0 aliphatic heterocycles. The molecule has 0 bridgehead atoms. The van der Waals surface area contributed by atoms with Gasteiger partial charge in [-0.2, -0.15) is 0 Å². The van der Waals surface area contributed by atoms with E-state index in [-0.39, 0.29) is 5.91 Å². The van der Waals surface area contributed by atoms with Crippen LogP contribution in [0.1, 0.15) is 25.7 Å². The Morgan fingerprint density at radius 1 is 1.44 bits per heavy atom. The summed E-state index contributed by atoms with van der Waals surface area (Å²) in [6.45, 7) is 0. The van der Waals surface area contributed by atoms with Crippen molar-refractivity contribution in [2.45, 2.75) is 25.7 Å². The molecule has 51 valence electrons. The Labute approximate surface area is 55.6 Å². The molecule has 2 heteroatoms. The van der Waals surface area contributed by atoms with Gasteiger partial charge in [0.25, 0.3) is 0 Å². The molecular weight excluding hydrogens is 114 g/mol. The summed E-state index contributed by atoms with van der Waals surface area (Å²) in [4.78, 5) is 10.9. The minimum absolute atomic E-state index is 0.146. The molecule has 0 spiro atoms. The molecule has 0 atom stereocenters. The molecule has 0 heterocycles. The van der Waals surface area contributed by atoms with E-state index >= 15 is 0 Å². The summed E-state index contributed by atoms with van der Waals surface area (Å²) in [6, 6.07) is 0. The standard InChI is InChI=1S/C7H12NO/c1-8-7(9)6-4-2-3-5-6/h2-5H2,1H3,(H,8,9). The van der Waals surface area contributed by atoms with Gasteiger partial charge in [0.15, 0.2) is 0 Å². The summed E-state index contributed by atoms with van der Waals surface area (Å²) >= 11 is 0. The Morgan fingerprint density at radius 3 is 2.44 bits per heavy atom. The Hall–Kier alpha value is -0.530. The molecule has 0 unspecified atom stereocenters. The van der Waals surface area contributed by atoms with Crippen molar-refractivity contribution < 1.29 is 4.79 Å². The lowest BCUT2D eigenvalue weighted by molar-refractivity contribution is -0.119. The normalized spacial score (nSPS) is 20.1. The van der Waals surface area contributed by atoms with Crippen molar-refractivity contribution >= 4 is 5.91 Å². The van der Waals surface area contributed by atoms with Crippen LogP contribution in [0.3, 0.4) is 0 Å². The van der Waals surface area contributed by atoms with E-state index in [4.69, 9.17) is 0 Å². The van der Waals surface area contributed by atoms with E-state index in [2.05, 4.69) is 5.32 Å². The van der Waals surface area contributed by atoms with Crippen LogP contribution in [-0.2, 0) is 4.79 Å². The number of carbonyl (C=O) groups is 1. The molecule has 1 rings (SSSR count). The molecule has 9 heavy (non-hydrogen) atoms. The third-order valence-electron chi connectivity index (χ3n) is 1.76. The van der Waals surface area contributed by atoms with Crippen molar-refractivity contribution in [1.82, 2.24) is 5.32 Å². The van der Waals surface area contributed by atoms with Crippen LogP contribution in [0.2, 0.25) is 0 Å². The molecule has 1 aliphatic rings. The highest BCUT2D eigenvalue weighted by Gasteiger charge is 2.21. The molecule has 0 saturated heterocycles. The maximum atomic E-state index is 10.9. The predicted molar refractivity (Wildman–Crippen MR) is 35.8 cm³/mol. The van der Waals surface area contributed by atoms with Crippen molar-refractivity contribution in [1.29, 1.82) is 0 Å². The summed E-state index contributed by atoms with van der Waals surface area (Å²) in [5, 5.41) is 2.63. The van der Waals surface area contributed by atoms with E-state index in [9.17, 15) is 4.79 Å². The largest absolute Gasteiger partial charge is 0.359 e. The predicted octanol–water partition coefficient (Wildman–Crippen LogP) is 0.881. The quantitative estimate of drug-likeness (QED) is 0.555. The van der Waals surface area contributed by atoms with Gasteiger partial charge in [-0.25, -0.2) is 0 Å². The fraction of sp³-hybridized carbons (Fsp3) is 0.714. The first-order valence-electron chi connectivity index (χ1n) is 3.41. The number of rotatable bonds is 1. The van der Waals surface area contributed by atoms with Crippen molar-refractivity contribution in [3.05, 3.63) is 5.92 Å². The molecule has 0 aromatic rings. The van der Waals surface area contributed by atoms with Crippen LogP contribution in [0.4, 0.5) is 0 Å². The lowest BCUT2D eigenvalue weighted by Crippen LogP contribution is -2.23. The van der Waals surface area contributed by atoms with Gasteiger partial charge in [-0.15, -0.1) is 0 Å². The topological polar surface area (TPSA) is 29.1 Å². The number of carbonyl (C=O) groups excluding carboxylic acids is 1. The van der Waals surface area contributed by atoms with Gasteiger partial charge in [0.05, 0.1) is 5.92 Å². The molecule has 1 aliphatic carbocycles. The first-order chi connectivity index (χ1) is 4.34. The van der Waals surface area contributed by atoms with Crippen molar-refractivity contribution in [2.24, 2.45) is 0 Å². The molecule has 1 radical (unpaired) electrons. The third kappa shape index (κ3) is 1.44. The van der Waals surface area contributed by atoms with Crippen LogP contribution in [-0.4, -0.2) is 13.0 Å². The first-order valence-corrected chi connectivity index (χ1v) is 3.41. The van der Waals surface area contributed by atoms with E-state index in [0.29, 0.717) is 0 Å². The number of hydrogen-bond acceptors (Lipinski definition) is 1. The van der Waals surface area contributed by atoms with Gasteiger partial charge in [0, 0.05) is 7.05 Å². The first kappa shape index (κ1) is 6.59. The minimum Gasteiger partial charge on any atom is -0.359 e. The van der Waals surface area contributed by atoms with Crippen molar-refractivity contribution in [3.8, 4) is 0 Å². The van der Waals surface area contributed by atoms with E-state index in [1.807, 2.05) is 0 Å². The Balaban J connectivity index is 2.32. The van der Waals surface area contributed by atoms with Gasteiger partial charge in [-0.1, -0.05) is 12.8 Å². The molecule has 0 aromatic carbocycles. The van der Waals surface area contributed by atoms with E-state index in [1.54, 1.807) is 7.05 Å². The van der Waals surface area contributed by atoms with Gasteiger partial charge in [-0.3, -0.25) is 4.79 Å². The smallest absolute Gasteiger partial charge is 0.227 e. The Kier molecular flexibility index (Phi) is 2.09. The van der Waals surface area contributed by atoms with E-state index < -0.39 is 0 Å². The second-order valence-electron chi connectivity index (χ2n) is 2.39. The fourth-order valence-corrected chi connectivity index (χ4v) is 1.21. The summed E-state index contributed by atoms with van der Waals surface area (Å²) in [5.41, 5.74) is 0. The molecule has 1 N–H and O–H groups in total. The van der Waals surface area contributed by atoms with Gasteiger partial charge in [-0.05, 0) is 12.8 Å². The molecule has 0 aromatic heterocycles. The number of amides is 1. The maximum absolute atomic E-state index is 10.9. The molecule has 1 saturated carbocycles. The Morgan fingerprint density at radius 2 is 2.00 bits per heavy atom. The molecule has 1 fully saturated rings. The van der Waals surface area contributed by atoms with Gasteiger partial charge >= 0.3 is 0 Å². The van der Waals surface area contributed by atoms with Crippen molar-refractivity contribution in [3.63, 3.8) is 0 Å². The lowest BCUT2D eigenvalue weighted by atomic mass is 10.1. The van der Waals surface area contributed by atoms with Gasteiger partial charge < -0.3 is 5.32 Å². The Bertz CT molecular complexity index is 105. The summed E-state index contributed by atoms with van der Waals surface area (Å²) in [5.74, 6) is 1.23.